The van der Waals surface area contributed by atoms with Crippen molar-refractivity contribution in [1.29, 1.82) is 0 Å². The summed E-state index contributed by atoms with van der Waals surface area (Å²) in [4.78, 5) is 15.9. The molecule has 0 amide bonds. The lowest BCUT2D eigenvalue weighted by Gasteiger charge is -2.34. The van der Waals surface area contributed by atoms with Crippen LogP contribution in [-0.2, 0) is 6.54 Å². The molecule has 0 unspecified atom stereocenters. The van der Waals surface area contributed by atoms with Crippen molar-refractivity contribution in [3.8, 4) is 0 Å². The fraction of sp³-hybridized carbons (Fsp3) is 0.533. The second-order valence-electron chi connectivity index (χ2n) is 5.12. The van der Waals surface area contributed by atoms with E-state index in [-0.39, 0.29) is 0 Å². The molecule has 1 N–H and O–H groups in total. The van der Waals surface area contributed by atoms with Crippen molar-refractivity contribution in [2.45, 2.75) is 6.54 Å². The second-order valence-corrected chi connectivity index (χ2v) is 6.10. The molecule has 0 saturated carbocycles. The number of rotatable bonds is 6. The minimum atomic E-state index is -0.853. The molecule has 0 radical (unpaired) electrons. The SMILES string of the molecule is CSCCN1CCN(Cc2cccc(C(=O)O)c2)CC1. The van der Waals surface area contributed by atoms with Crippen LogP contribution in [0.4, 0.5) is 0 Å². The van der Waals surface area contributed by atoms with Gasteiger partial charge in [0.25, 0.3) is 0 Å². The van der Waals surface area contributed by atoms with Crippen molar-refractivity contribution in [3.63, 3.8) is 0 Å². The van der Waals surface area contributed by atoms with Crippen molar-refractivity contribution >= 4 is 17.7 Å². The quantitative estimate of drug-likeness (QED) is 0.867. The molecule has 1 aromatic carbocycles. The Hall–Kier alpha value is -1.04. The van der Waals surface area contributed by atoms with Crippen LogP contribution in [-0.4, -0.2) is 65.6 Å². The highest BCUT2D eigenvalue weighted by atomic mass is 32.2. The smallest absolute Gasteiger partial charge is 0.335 e. The van der Waals surface area contributed by atoms with Crippen molar-refractivity contribution in [2.75, 3.05) is 44.7 Å². The third-order valence-corrected chi connectivity index (χ3v) is 4.25. The first-order valence-corrected chi connectivity index (χ1v) is 8.34. The minimum absolute atomic E-state index is 0.376. The number of hydrogen-bond donors (Lipinski definition) is 1. The van der Waals surface area contributed by atoms with Crippen LogP contribution in [0.2, 0.25) is 0 Å². The lowest BCUT2D eigenvalue weighted by molar-refractivity contribution is 0.0696. The number of piperazine rings is 1. The molecule has 0 bridgehead atoms. The van der Waals surface area contributed by atoms with Crippen LogP contribution in [0.25, 0.3) is 0 Å². The highest BCUT2D eigenvalue weighted by molar-refractivity contribution is 7.98. The number of hydrogen-bond acceptors (Lipinski definition) is 4. The molecular formula is C15H22N2O2S. The summed E-state index contributed by atoms with van der Waals surface area (Å²) in [6.45, 7) is 6.36. The van der Waals surface area contributed by atoms with E-state index < -0.39 is 5.97 Å². The van der Waals surface area contributed by atoms with Crippen LogP contribution in [0.3, 0.4) is 0 Å². The molecule has 4 nitrogen and oxygen atoms in total. The maximum absolute atomic E-state index is 11.0. The summed E-state index contributed by atoms with van der Waals surface area (Å²) in [7, 11) is 0. The molecule has 5 heteroatoms. The summed E-state index contributed by atoms with van der Waals surface area (Å²) in [5.41, 5.74) is 1.46. The Bertz CT molecular complexity index is 445. The number of carboxylic acids is 1. The second kappa shape index (κ2) is 7.67. The number of carboxylic acid groups (broad SMARTS) is 1. The number of benzene rings is 1. The third kappa shape index (κ3) is 4.51. The zero-order chi connectivity index (χ0) is 14.4. The Morgan fingerprint density at radius 2 is 1.95 bits per heavy atom. The summed E-state index contributed by atoms with van der Waals surface area (Å²) in [5.74, 6) is 0.342. The molecule has 2 rings (SSSR count). The molecule has 1 fully saturated rings. The predicted molar refractivity (Wildman–Crippen MR) is 83.5 cm³/mol. The van der Waals surface area contributed by atoms with Crippen LogP contribution < -0.4 is 0 Å². The van der Waals surface area contributed by atoms with E-state index >= 15 is 0 Å². The first-order chi connectivity index (χ1) is 9.69. The van der Waals surface area contributed by atoms with Gasteiger partial charge in [-0.2, -0.15) is 11.8 Å². The van der Waals surface area contributed by atoms with Gasteiger partial charge in [0.1, 0.15) is 0 Å². The van der Waals surface area contributed by atoms with Gasteiger partial charge < -0.3 is 5.11 Å². The fourth-order valence-electron chi connectivity index (χ4n) is 2.45. The van der Waals surface area contributed by atoms with Crippen molar-refractivity contribution in [2.24, 2.45) is 0 Å². The van der Waals surface area contributed by atoms with E-state index in [4.69, 9.17) is 5.11 Å². The first-order valence-electron chi connectivity index (χ1n) is 6.95. The molecule has 20 heavy (non-hydrogen) atoms. The van der Waals surface area contributed by atoms with Crippen LogP contribution in [0, 0.1) is 0 Å². The first kappa shape index (κ1) is 15.4. The third-order valence-electron chi connectivity index (χ3n) is 3.66. The van der Waals surface area contributed by atoms with E-state index in [1.165, 1.54) is 12.3 Å². The standard InChI is InChI=1S/C15H22N2O2S/c1-20-10-9-16-5-7-17(8-6-16)12-13-3-2-4-14(11-13)15(18)19/h2-4,11H,5-10,12H2,1H3,(H,18,19). The summed E-state index contributed by atoms with van der Waals surface area (Å²) < 4.78 is 0. The molecule has 0 spiro atoms. The van der Waals surface area contributed by atoms with Gasteiger partial charge in [-0.3, -0.25) is 9.80 Å². The molecule has 1 aliphatic heterocycles. The predicted octanol–water partition coefficient (Wildman–Crippen LogP) is 1.87. The van der Waals surface area contributed by atoms with Crippen LogP contribution in [0.15, 0.2) is 24.3 Å². The Kier molecular flexibility index (Phi) is 5.88. The maximum atomic E-state index is 11.0. The van der Waals surface area contributed by atoms with Gasteiger partial charge in [0.05, 0.1) is 5.56 Å². The average molecular weight is 294 g/mol. The molecule has 1 heterocycles. The topological polar surface area (TPSA) is 43.8 Å². The zero-order valence-electron chi connectivity index (χ0n) is 11.9. The molecule has 0 atom stereocenters. The van der Waals surface area contributed by atoms with Gasteiger partial charge in [-0.15, -0.1) is 0 Å². The molecule has 0 aromatic heterocycles. The monoisotopic (exact) mass is 294 g/mol. The van der Waals surface area contributed by atoms with E-state index in [1.54, 1.807) is 12.1 Å². The zero-order valence-corrected chi connectivity index (χ0v) is 12.7. The van der Waals surface area contributed by atoms with E-state index in [9.17, 15) is 4.79 Å². The van der Waals surface area contributed by atoms with Crippen molar-refractivity contribution < 1.29 is 9.90 Å². The lowest BCUT2D eigenvalue weighted by atomic mass is 10.1. The van der Waals surface area contributed by atoms with Crippen LogP contribution in [0.5, 0.6) is 0 Å². The molecular weight excluding hydrogens is 272 g/mol. The van der Waals surface area contributed by atoms with E-state index in [2.05, 4.69) is 16.1 Å². The van der Waals surface area contributed by atoms with E-state index in [0.717, 1.165) is 38.3 Å². The summed E-state index contributed by atoms with van der Waals surface area (Å²) >= 11 is 1.89. The van der Waals surface area contributed by atoms with Gasteiger partial charge in [-0.05, 0) is 24.0 Å². The van der Waals surface area contributed by atoms with Crippen molar-refractivity contribution in [1.82, 2.24) is 9.80 Å². The Labute approximate surface area is 124 Å². The van der Waals surface area contributed by atoms with Crippen LogP contribution >= 0.6 is 11.8 Å². The highest BCUT2D eigenvalue weighted by Gasteiger charge is 2.16. The Balaban J connectivity index is 1.83. The maximum Gasteiger partial charge on any atom is 0.335 e. The average Bonchev–Trinajstić information content (AvgIpc) is 2.47. The number of thioether (sulfide) groups is 1. The largest absolute Gasteiger partial charge is 0.478 e. The minimum Gasteiger partial charge on any atom is -0.478 e. The van der Waals surface area contributed by atoms with E-state index in [1.807, 2.05) is 23.9 Å². The molecule has 1 aliphatic rings. The normalized spacial score (nSPS) is 17.2. The summed E-state index contributed by atoms with van der Waals surface area (Å²) in [6, 6.07) is 7.26. The van der Waals surface area contributed by atoms with Gasteiger partial charge in [0.15, 0.2) is 0 Å². The molecule has 110 valence electrons. The van der Waals surface area contributed by atoms with Gasteiger partial charge in [-0.1, -0.05) is 12.1 Å². The van der Waals surface area contributed by atoms with Gasteiger partial charge >= 0.3 is 5.97 Å². The van der Waals surface area contributed by atoms with E-state index in [0.29, 0.717) is 5.56 Å². The summed E-state index contributed by atoms with van der Waals surface area (Å²) in [6.07, 6.45) is 2.14. The lowest BCUT2D eigenvalue weighted by Crippen LogP contribution is -2.46. The van der Waals surface area contributed by atoms with Gasteiger partial charge in [-0.25, -0.2) is 4.79 Å². The fourth-order valence-corrected chi connectivity index (χ4v) is 2.89. The summed E-state index contributed by atoms with van der Waals surface area (Å²) in [5, 5.41) is 9.01. The van der Waals surface area contributed by atoms with Crippen LogP contribution in [0.1, 0.15) is 15.9 Å². The van der Waals surface area contributed by atoms with Gasteiger partial charge in [0.2, 0.25) is 0 Å². The number of nitrogens with zero attached hydrogens (tertiary/aromatic N) is 2. The molecule has 1 aromatic rings. The number of carbonyl (C=O) groups is 1. The Morgan fingerprint density at radius 3 is 2.60 bits per heavy atom. The highest BCUT2D eigenvalue weighted by Crippen LogP contribution is 2.11. The molecule has 0 aliphatic carbocycles. The van der Waals surface area contributed by atoms with Gasteiger partial charge in [0, 0.05) is 45.0 Å². The Morgan fingerprint density at radius 1 is 1.25 bits per heavy atom. The number of aromatic carboxylic acids is 1. The van der Waals surface area contributed by atoms with Crippen molar-refractivity contribution in [3.05, 3.63) is 35.4 Å². The molecule has 1 saturated heterocycles.